The lowest BCUT2D eigenvalue weighted by atomic mass is 9.96. The van der Waals surface area contributed by atoms with Crippen molar-refractivity contribution in [1.29, 1.82) is 0 Å². The van der Waals surface area contributed by atoms with Gasteiger partial charge in [-0.15, -0.1) is 0 Å². The predicted octanol–water partition coefficient (Wildman–Crippen LogP) is 6.61. The Morgan fingerprint density at radius 2 is 1.71 bits per heavy atom. The molecule has 2 aliphatic heterocycles. The zero-order valence-electron chi connectivity index (χ0n) is 23.6. The summed E-state index contributed by atoms with van der Waals surface area (Å²) in [6, 6.07) is 12.5. The lowest BCUT2D eigenvalue weighted by molar-refractivity contribution is 0.0138. The first-order chi connectivity index (χ1) is 19.9. The molecule has 2 saturated heterocycles. The van der Waals surface area contributed by atoms with Crippen LogP contribution in [0.5, 0.6) is 0 Å². The van der Waals surface area contributed by atoms with Gasteiger partial charge in [0.25, 0.3) is 0 Å². The molecular weight excluding hydrogens is 520 g/mol. The first-order valence-corrected chi connectivity index (χ1v) is 14.5. The summed E-state index contributed by atoms with van der Waals surface area (Å²) in [5.74, 6) is 0.969. The first kappa shape index (κ1) is 26.0. The lowest BCUT2D eigenvalue weighted by Gasteiger charge is -2.37. The molecule has 3 fully saturated rings. The van der Waals surface area contributed by atoms with Crippen molar-refractivity contribution in [2.45, 2.75) is 90.0 Å². The summed E-state index contributed by atoms with van der Waals surface area (Å²) in [4.78, 5) is 18.4. The highest BCUT2D eigenvalue weighted by Gasteiger charge is 2.44. The molecule has 4 heterocycles. The number of piperidine rings is 1. The average molecular weight is 555 g/mol. The first-order valence-electron chi connectivity index (χ1n) is 14.5. The van der Waals surface area contributed by atoms with E-state index in [0.717, 1.165) is 66.7 Å². The molecule has 1 aliphatic carbocycles. The summed E-state index contributed by atoms with van der Waals surface area (Å²) in [6.45, 7) is 6.53. The number of anilines is 1. The van der Waals surface area contributed by atoms with Crippen LogP contribution in [0.25, 0.3) is 22.6 Å². The topological polar surface area (TPSA) is 115 Å². The van der Waals surface area contributed by atoms with Crippen LogP contribution in [0, 0.1) is 20.8 Å². The van der Waals surface area contributed by atoms with Crippen molar-refractivity contribution in [2.24, 2.45) is 0 Å². The van der Waals surface area contributed by atoms with Crippen LogP contribution in [-0.4, -0.2) is 44.6 Å². The number of fused-ring (bicyclic) bond motifs is 2. The smallest absolute Gasteiger partial charge is 0.335 e. The number of carbonyl (C=O) groups is 1. The standard InChI is InChI=1S/C32H34N4O5/c1-17-5-4-6-18(2)27(17)28-26(29(40-34-28)20-7-8-20)16-39-24-14-22-10-11-23(15-24)36(22)32-33-30(35-41-32)21-9-12-25(31(37)38)19(3)13-21/h4-6,9,12-13,20,22-24H,7-8,10-11,14-16H2,1-3H3,(H,37,38). The van der Waals surface area contributed by atoms with E-state index in [2.05, 4.69) is 47.3 Å². The molecule has 9 nitrogen and oxygen atoms in total. The van der Waals surface area contributed by atoms with Gasteiger partial charge in [-0.3, -0.25) is 0 Å². The molecule has 1 saturated carbocycles. The number of hydrogen-bond donors (Lipinski definition) is 1. The van der Waals surface area contributed by atoms with E-state index in [4.69, 9.17) is 18.8 Å². The molecule has 2 unspecified atom stereocenters. The summed E-state index contributed by atoms with van der Waals surface area (Å²) >= 11 is 0. The molecule has 0 radical (unpaired) electrons. The Balaban J connectivity index is 1.07. The second-order valence-corrected chi connectivity index (χ2v) is 11.8. The number of carboxylic acids is 1. The van der Waals surface area contributed by atoms with Crippen LogP contribution < -0.4 is 4.90 Å². The van der Waals surface area contributed by atoms with E-state index in [9.17, 15) is 9.90 Å². The van der Waals surface area contributed by atoms with E-state index in [-0.39, 0.29) is 23.8 Å². The molecule has 2 bridgehead atoms. The molecule has 7 rings (SSSR count). The highest BCUT2D eigenvalue weighted by atomic mass is 16.5. The average Bonchev–Trinajstić information content (AvgIpc) is 3.41. The summed E-state index contributed by atoms with van der Waals surface area (Å²) in [5.41, 5.74) is 7.25. The maximum atomic E-state index is 11.4. The fourth-order valence-corrected chi connectivity index (χ4v) is 6.77. The van der Waals surface area contributed by atoms with Crippen molar-refractivity contribution in [1.82, 2.24) is 15.3 Å². The van der Waals surface area contributed by atoms with Crippen molar-refractivity contribution in [3.63, 3.8) is 0 Å². The minimum Gasteiger partial charge on any atom is -0.478 e. The molecule has 41 heavy (non-hydrogen) atoms. The molecule has 1 N–H and O–H groups in total. The van der Waals surface area contributed by atoms with Crippen LogP contribution >= 0.6 is 0 Å². The van der Waals surface area contributed by atoms with Gasteiger partial charge in [0.15, 0.2) is 0 Å². The number of hydrogen-bond acceptors (Lipinski definition) is 8. The highest BCUT2D eigenvalue weighted by molar-refractivity contribution is 5.90. The van der Waals surface area contributed by atoms with Gasteiger partial charge in [0.2, 0.25) is 5.82 Å². The van der Waals surface area contributed by atoms with Crippen molar-refractivity contribution in [3.05, 3.63) is 70.0 Å². The maximum Gasteiger partial charge on any atom is 0.335 e. The second-order valence-electron chi connectivity index (χ2n) is 11.8. The minimum atomic E-state index is -0.946. The van der Waals surface area contributed by atoms with Crippen molar-refractivity contribution >= 4 is 12.0 Å². The Kier molecular flexibility index (Phi) is 6.42. The summed E-state index contributed by atoms with van der Waals surface area (Å²) in [5, 5.41) is 18.1. The zero-order valence-corrected chi connectivity index (χ0v) is 23.6. The van der Waals surface area contributed by atoms with E-state index in [1.165, 1.54) is 11.1 Å². The Labute approximate surface area is 238 Å². The van der Waals surface area contributed by atoms with E-state index >= 15 is 0 Å². The number of nitrogens with zero attached hydrogens (tertiary/aromatic N) is 4. The van der Waals surface area contributed by atoms with Gasteiger partial charge in [0, 0.05) is 34.7 Å². The Bertz CT molecular complexity index is 1590. The molecular formula is C32H34N4O5. The van der Waals surface area contributed by atoms with Crippen LogP contribution in [0.1, 0.15) is 82.8 Å². The van der Waals surface area contributed by atoms with E-state index < -0.39 is 5.97 Å². The number of ether oxygens (including phenoxy) is 1. The van der Waals surface area contributed by atoms with Gasteiger partial charge in [0.1, 0.15) is 11.5 Å². The quantitative estimate of drug-likeness (QED) is 0.257. The van der Waals surface area contributed by atoms with Gasteiger partial charge in [0.05, 0.1) is 18.3 Å². The molecule has 2 aromatic carbocycles. The summed E-state index contributed by atoms with van der Waals surface area (Å²) in [6.07, 6.45) is 6.32. The zero-order chi connectivity index (χ0) is 28.2. The normalized spacial score (nSPS) is 21.9. The third kappa shape index (κ3) is 4.72. The van der Waals surface area contributed by atoms with Crippen LogP contribution in [0.2, 0.25) is 0 Å². The molecule has 9 heteroatoms. The van der Waals surface area contributed by atoms with Crippen LogP contribution in [-0.2, 0) is 11.3 Å². The molecule has 212 valence electrons. The number of benzene rings is 2. The number of aryl methyl sites for hydroxylation is 3. The van der Waals surface area contributed by atoms with Crippen LogP contribution in [0.15, 0.2) is 45.4 Å². The molecule has 0 amide bonds. The number of aromatic carboxylic acids is 1. The fourth-order valence-electron chi connectivity index (χ4n) is 6.77. The van der Waals surface area contributed by atoms with Crippen molar-refractivity contribution in [3.8, 4) is 22.6 Å². The van der Waals surface area contributed by atoms with Crippen molar-refractivity contribution < 1.29 is 23.7 Å². The summed E-state index contributed by atoms with van der Waals surface area (Å²) in [7, 11) is 0. The SMILES string of the molecule is Cc1cc(-c2noc(N3C4CCC3CC(OCc3c(-c5c(C)cccc5C)noc3C3CC3)C4)n2)ccc1C(=O)O. The van der Waals surface area contributed by atoms with E-state index in [0.29, 0.717) is 29.9 Å². The predicted molar refractivity (Wildman–Crippen MR) is 152 cm³/mol. The van der Waals surface area contributed by atoms with Gasteiger partial charge < -0.3 is 23.8 Å². The maximum absolute atomic E-state index is 11.4. The lowest BCUT2D eigenvalue weighted by Crippen LogP contribution is -2.45. The van der Waals surface area contributed by atoms with Gasteiger partial charge in [-0.25, -0.2) is 4.79 Å². The number of rotatable bonds is 8. The van der Waals surface area contributed by atoms with Crippen molar-refractivity contribution in [2.75, 3.05) is 4.90 Å². The third-order valence-electron chi connectivity index (χ3n) is 8.99. The highest BCUT2D eigenvalue weighted by Crippen LogP contribution is 2.46. The molecule has 2 aromatic heterocycles. The molecule has 3 aliphatic rings. The van der Waals surface area contributed by atoms with Crippen LogP contribution in [0.4, 0.5) is 6.01 Å². The number of carboxylic acid groups (broad SMARTS) is 1. The van der Waals surface area contributed by atoms with Gasteiger partial charge >= 0.3 is 12.0 Å². The largest absolute Gasteiger partial charge is 0.478 e. The molecule has 0 spiro atoms. The monoisotopic (exact) mass is 554 g/mol. The Morgan fingerprint density at radius 3 is 2.37 bits per heavy atom. The Morgan fingerprint density at radius 1 is 0.976 bits per heavy atom. The molecule has 2 atom stereocenters. The third-order valence-corrected chi connectivity index (χ3v) is 8.99. The minimum absolute atomic E-state index is 0.130. The number of aromatic nitrogens is 3. The Hall–Kier alpha value is -3.98. The van der Waals surface area contributed by atoms with E-state index in [1.807, 2.05) is 0 Å². The van der Waals surface area contributed by atoms with Gasteiger partial charge in [-0.2, -0.15) is 4.98 Å². The summed E-state index contributed by atoms with van der Waals surface area (Å²) < 4.78 is 18.3. The second kappa shape index (κ2) is 10.1. The van der Waals surface area contributed by atoms with Crippen LogP contribution in [0.3, 0.4) is 0 Å². The molecule has 4 aromatic rings. The van der Waals surface area contributed by atoms with E-state index in [1.54, 1.807) is 25.1 Å². The van der Waals surface area contributed by atoms with Gasteiger partial charge in [-0.05, 0) is 88.1 Å². The fraction of sp³-hybridized carbons (Fsp3) is 0.438. The van der Waals surface area contributed by atoms with Gasteiger partial charge in [-0.1, -0.05) is 34.6 Å².